The molecule has 0 fully saturated rings. The van der Waals surface area contributed by atoms with E-state index in [-0.39, 0.29) is 0 Å². The maximum Gasteiger partial charge on any atom is 0.127 e. The Morgan fingerprint density at radius 2 is 2.10 bits per heavy atom. The quantitative estimate of drug-likeness (QED) is 0.627. The Hall–Kier alpha value is -0.870. The summed E-state index contributed by atoms with van der Waals surface area (Å²) in [5, 5.41) is 3.46. The summed E-state index contributed by atoms with van der Waals surface area (Å²) in [4.78, 5) is 0. The van der Waals surface area contributed by atoms with Crippen LogP contribution in [0.4, 0.5) is 0 Å². The fraction of sp³-hybridized carbons (Fsp3) is 0.647. The Morgan fingerprint density at radius 3 is 2.76 bits per heavy atom. The molecule has 0 amide bonds. The first kappa shape index (κ1) is 18.2. The van der Waals surface area contributed by atoms with E-state index in [1.54, 1.807) is 7.11 Å². The van der Waals surface area contributed by atoms with Gasteiger partial charge in [0.15, 0.2) is 0 Å². The molecule has 0 heterocycles. The molecule has 0 unspecified atom stereocenters. The standard InChI is InChI=1S/C17H29NO2S/c1-5-21-10-6-9-20-17-11-16(19-4)8-7-15(17)13-18-12-14(2)3/h7-8,11,14,18H,5-6,9-10,12-13H2,1-4H3. The molecule has 0 aliphatic carbocycles. The van der Waals surface area contributed by atoms with Gasteiger partial charge in [0.05, 0.1) is 13.7 Å². The highest BCUT2D eigenvalue weighted by atomic mass is 32.2. The highest BCUT2D eigenvalue weighted by Crippen LogP contribution is 2.25. The maximum absolute atomic E-state index is 5.95. The highest BCUT2D eigenvalue weighted by Gasteiger charge is 2.06. The zero-order valence-electron chi connectivity index (χ0n) is 13.8. The predicted molar refractivity (Wildman–Crippen MR) is 92.6 cm³/mol. The summed E-state index contributed by atoms with van der Waals surface area (Å²) in [6.07, 6.45) is 1.08. The number of nitrogens with one attached hydrogen (secondary N) is 1. The third-order valence-electron chi connectivity index (χ3n) is 3.04. The van der Waals surface area contributed by atoms with Crippen LogP contribution in [0.5, 0.6) is 11.5 Å². The molecule has 0 saturated heterocycles. The number of rotatable bonds is 11. The molecule has 1 rings (SSSR count). The lowest BCUT2D eigenvalue weighted by Gasteiger charge is -2.14. The summed E-state index contributed by atoms with van der Waals surface area (Å²) >= 11 is 1.96. The van der Waals surface area contributed by atoms with Crippen molar-refractivity contribution in [2.45, 2.75) is 33.7 Å². The van der Waals surface area contributed by atoms with E-state index in [9.17, 15) is 0 Å². The van der Waals surface area contributed by atoms with Crippen LogP contribution in [-0.2, 0) is 6.54 Å². The van der Waals surface area contributed by atoms with Gasteiger partial charge in [-0.25, -0.2) is 0 Å². The predicted octanol–water partition coefficient (Wildman–Crippen LogP) is 3.96. The zero-order chi connectivity index (χ0) is 15.5. The average molecular weight is 311 g/mol. The molecular formula is C17H29NO2S. The van der Waals surface area contributed by atoms with Gasteiger partial charge in [-0.15, -0.1) is 0 Å². The van der Waals surface area contributed by atoms with Crippen LogP contribution >= 0.6 is 11.8 Å². The molecule has 0 radical (unpaired) electrons. The molecule has 3 nitrogen and oxygen atoms in total. The highest BCUT2D eigenvalue weighted by molar-refractivity contribution is 7.99. The molecule has 4 heteroatoms. The molecule has 0 spiro atoms. The fourth-order valence-electron chi connectivity index (χ4n) is 1.93. The van der Waals surface area contributed by atoms with Crippen LogP contribution in [0.3, 0.4) is 0 Å². The van der Waals surface area contributed by atoms with Crippen molar-refractivity contribution in [3.05, 3.63) is 23.8 Å². The Labute approximate surface area is 133 Å². The van der Waals surface area contributed by atoms with Gasteiger partial charge in [0.25, 0.3) is 0 Å². The van der Waals surface area contributed by atoms with Crippen molar-refractivity contribution in [2.24, 2.45) is 5.92 Å². The molecule has 0 saturated carbocycles. The zero-order valence-corrected chi connectivity index (χ0v) is 14.6. The summed E-state index contributed by atoms with van der Waals surface area (Å²) in [5.41, 5.74) is 1.19. The SMILES string of the molecule is CCSCCCOc1cc(OC)ccc1CNCC(C)C. The van der Waals surface area contributed by atoms with Crippen LogP contribution in [-0.4, -0.2) is 31.8 Å². The molecule has 0 aromatic heterocycles. The minimum atomic E-state index is 0.652. The van der Waals surface area contributed by atoms with E-state index < -0.39 is 0 Å². The number of ether oxygens (including phenoxy) is 2. The monoisotopic (exact) mass is 311 g/mol. The average Bonchev–Trinajstić information content (AvgIpc) is 2.47. The molecule has 1 aromatic rings. The Kier molecular flexibility index (Phi) is 9.35. The van der Waals surface area contributed by atoms with Gasteiger partial charge >= 0.3 is 0 Å². The van der Waals surface area contributed by atoms with E-state index >= 15 is 0 Å². The molecule has 0 bridgehead atoms. The van der Waals surface area contributed by atoms with E-state index in [1.807, 2.05) is 23.9 Å². The topological polar surface area (TPSA) is 30.5 Å². The van der Waals surface area contributed by atoms with Gasteiger partial charge in [-0.05, 0) is 36.5 Å². The lowest BCUT2D eigenvalue weighted by Crippen LogP contribution is -2.19. The van der Waals surface area contributed by atoms with Crippen LogP contribution in [0.2, 0.25) is 0 Å². The van der Waals surface area contributed by atoms with Gasteiger partial charge in [-0.3, -0.25) is 0 Å². The van der Waals surface area contributed by atoms with Gasteiger partial charge in [0, 0.05) is 18.2 Å². The summed E-state index contributed by atoms with van der Waals surface area (Å²) in [7, 11) is 1.69. The van der Waals surface area contributed by atoms with Gasteiger partial charge in [0.1, 0.15) is 11.5 Å². The van der Waals surface area contributed by atoms with Crippen LogP contribution in [0, 0.1) is 5.92 Å². The lowest BCUT2D eigenvalue weighted by molar-refractivity contribution is 0.311. The van der Waals surface area contributed by atoms with Crippen molar-refractivity contribution in [2.75, 3.05) is 31.8 Å². The molecule has 0 aliphatic rings. The second-order valence-corrected chi connectivity index (χ2v) is 6.79. The van der Waals surface area contributed by atoms with Crippen molar-refractivity contribution in [1.82, 2.24) is 5.32 Å². The second kappa shape index (κ2) is 10.8. The van der Waals surface area contributed by atoms with Crippen molar-refractivity contribution in [3.8, 4) is 11.5 Å². The summed E-state index contributed by atoms with van der Waals surface area (Å²) in [5.74, 6) is 4.76. The van der Waals surface area contributed by atoms with Crippen LogP contribution in [0.1, 0.15) is 32.8 Å². The molecule has 0 aliphatic heterocycles. The summed E-state index contributed by atoms with van der Waals surface area (Å²) < 4.78 is 11.2. The van der Waals surface area contributed by atoms with Gasteiger partial charge < -0.3 is 14.8 Å². The minimum Gasteiger partial charge on any atom is -0.497 e. The van der Waals surface area contributed by atoms with E-state index in [1.165, 1.54) is 11.3 Å². The fourth-order valence-corrected chi connectivity index (χ4v) is 2.54. The Morgan fingerprint density at radius 1 is 1.29 bits per heavy atom. The first-order valence-electron chi connectivity index (χ1n) is 7.75. The second-order valence-electron chi connectivity index (χ2n) is 5.40. The Bertz CT molecular complexity index is 396. The molecule has 1 aromatic carbocycles. The van der Waals surface area contributed by atoms with E-state index in [4.69, 9.17) is 9.47 Å². The molecule has 1 N–H and O–H groups in total. The summed E-state index contributed by atoms with van der Waals surface area (Å²) in [6.45, 7) is 9.22. The normalized spacial score (nSPS) is 10.9. The van der Waals surface area contributed by atoms with E-state index in [2.05, 4.69) is 32.2 Å². The first-order chi connectivity index (χ1) is 10.2. The largest absolute Gasteiger partial charge is 0.497 e. The molecular weight excluding hydrogens is 282 g/mol. The third kappa shape index (κ3) is 7.63. The smallest absolute Gasteiger partial charge is 0.127 e. The third-order valence-corrected chi connectivity index (χ3v) is 4.02. The van der Waals surface area contributed by atoms with Crippen LogP contribution < -0.4 is 14.8 Å². The van der Waals surface area contributed by atoms with Gasteiger partial charge in [0.2, 0.25) is 0 Å². The summed E-state index contributed by atoms with van der Waals surface area (Å²) in [6, 6.07) is 6.06. The van der Waals surface area contributed by atoms with Crippen LogP contribution in [0.15, 0.2) is 18.2 Å². The number of thioether (sulfide) groups is 1. The molecule has 0 atom stereocenters. The molecule has 21 heavy (non-hydrogen) atoms. The van der Waals surface area contributed by atoms with Crippen LogP contribution in [0.25, 0.3) is 0 Å². The number of hydrogen-bond donors (Lipinski definition) is 1. The number of methoxy groups -OCH3 is 1. The Balaban J connectivity index is 2.55. The minimum absolute atomic E-state index is 0.652. The van der Waals surface area contributed by atoms with Gasteiger partial charge in [-0.2, -0.15) is 11.8 Å². The van der Waals surface area contributed by atoms with E-state index in [0.717, 1.165) is 43.4 Å². The lowest BCUT2D eigenvalue weighted by atomic mass is 10.1. The number of benzene rings is 1. The van der Waals surface area contributed by atoms with E-state index in [0.29, 0.717) is 5.92 Å². The number of hydrogen-bond acceptors (Lipinski definition) is 4. The van der Waals surface area contributed by atoms with Gasteiger partial charge in [-0.1, -0.05) is 26.8 Å². The van der Waals surface area contributed by atoms with Crippen molar-refractivity contribution >= 4 is 11.8 Å². The van der Waals surface area contributed by atoms with Crippen molar-refractivity contribution in [3.63, 3.8) is 0 Å². The maximum atomic E-state index is 5.95. The first-order valence-corrected chi connectivity index (χ1v) is 8.91. The molecule has 120 valence electrons. The van der Waals surface area contributed by atoms with Crippen molar-refractivity contribution in [1.29, 1.82) is 0 Å². The van der Waals surface area contributed by atoms with Crippen molar-refractivity contribution < 1.29 is 9.47 Å².